The number of benzene rings is 2. The van der Waals surface area contributed by atoms with Crippen LogP contribution in [0.3, 0.4) is 0 Å². The number of aromatic nitrogens is 3. The van der Waals surface area contributed by atoms with Crippen LogP contribution in [0, 0.1) is 6.92 Å². The number of aryl methyl sites for hydroxylation is 1. The average molecular weight is 392 g/mol. The van der Waals surface area contributed by atoms with Gasteiger partial charge in [0.1, 0.15) is 0 Å². The highest BCUT2D eigenvalue weighted by Gasteiger charge is 2.11. The second-order valence-electron chi connectivity index (χ2n) is 6.49. The minimum absolute atomic E-state index is 0.0554. The van der Waals surface area contributed by atoms with Gasteiger partial charge in [-0.3, -0.25) is 4.79 Å². The van der Waals surface area contributed by atoms with E-state index < -0.39 is 0 Å². The number of hydrogen-bond acceptors (Lipinski definition) is 5. The first-order chi connectivity index (χ1) is 13.7. The molecule has 0 saturated heterocycles. The monoisotopic (exact) mass is 392 g/mol. The van der Waals surface area contributed by atoms with E-state index in [0.29, 0.717) is 17.7 Å². The molecule has 4 aromatic rings. The smallest absolute Gasteiger partial charge is 0.277 e. The van der Waals surface area contributed by atoms with Crippen molar-refractivity contribution in [1.82, 2.24) is 20.5 Å². The normalized spacial score (nSPS) is 11.0. The Morgan fingerprint density at radius 2 is 2.07 bits per heavy atom. The topological polar surface area (TPSA) is 83.8 Å². The highest BCUT2D eigenvalue weighted by molar-refractivity contribution is 7.99. The van der Waals surface area contributed by atoms with Gasteiger partial charge >= 0.3 is 0 Å². The van der Waals surface area contributed by atoms with Crippen molar-refractivity contribution in [2.24, 2.45) is 0 Å². The number of carbonyl (C=O) groups excluding carboxylic acids is 1. The van der Waals surface area contributed by atoms with Gasteiger partial charge in [-0.15, -0.1) is 10.2 Å². The van der Waals surface area contributed by atoms with E-state index >= 15 is 0 Å². The zero-order chi connectivity index (χ0) is 19.3. The van der Waals surface area contributed by atoms with Crippen molar-refractivity contribution in [3.8, 4) is 11.5 Å². The van der Waals surface area contributed by atoms with Crippen LogP contribution in [0.15, 0.2) is 64.4 Å². The predicted octanol–water partition coefficient (Wildman–Crippen LogP) is 3.98. The van der Waals surface area contributed by atoms with Crippen molar-refractivity contribution < 1.29 is 9.21 Å². The molecule has 6 nitrogen and oxygen atoms in total. The predicted molar refractivity (Wildman–Crippen MR) is 110 cm³/mol. The quantitative estimate of drug-likeness (QED) is 0.465. The first kappa shape index (κ1) is 18.3. The third kappa shape index (κ3) is 4.26. The van der Waals surface area contributed by atoms with Gasteiger partial charge < -0.3 is 14.7 Å². The number of H-pyrrole nitrogens is 1. The molecule has 0 atom stereocenters. The molecule has 0 unspecified atom stereocenters. The number of rotatable bonds is 7. The summed E-state index contributed by atoms with van der Waals surface area (Å²) in [4.78, 5) is 15.3. The fourth-order valence-electron chi connectivity index (χ4n) is 3.02. The van der Waals surface area contributed by atoms with Gasteiger partial charge in [-0.1, -0.05) is 47.7 Å². The van der Waals surface area contributed by atoms with E-state index in [1.54, 1.807) is 0 Å². The van der Waals surface area contributed by atoms with Crippen molar-refractivity contribution in [3.05, 3.63) is 65.9 Å². The molecule has 28 heavy (non-hydrogen) atoms. The minimum Gasteiger partial charge on any atom is -0.411 e. The lowest BCUT2D eigenvalue weighted by molar-refractivity contribution is -0.118. The first-order valence-corrected chi connectivity index (χ1v) is 10.0. The lowest BCUT2D eigenvalue weighted by Crippen LogP contribution is -2.27. The molecular formula is C21H20N4O2S. The molecule has 2 aromatic heterocycles. The van der Waals surface area contributed by atoms with Crippen LogP contribution in [0.1, 0.15) is 11.1 Å². The molecule has 7 heteroatoms. The Labute approximate surface area is 166 Å². The highest BCUT2D eigenvalue weighted by atomic mass is 32.2. The maximum atomic E-state index is 12.1. The van der Waals surface area contributed by atoms with Crippen LogP contribution in [0.4, 0.5) is 0 Å². The number of hydrogen-bond donors (Lipinski definition) is 2. The van der Waals surface area contributed by atoms with Crippen LogP contribution >= 0.6 is 11.8 Å². The van der Waals surface area contributed by atoms with Gasteiger partial charge in [0.25, 0.3) is 5.22 Å². The number of carbonyl (C=O) groups is 1. The van der Waals surface area contributed by atoms with Crippen LogP contribution in [-0.2, 0) is 11.2 Å². The van der Waals surface area contributed by atoms with Crippen molar-refractivity contribution in [1.29, 1.82) is 0 Å². The summed E-state index contributed by atoms with van der Waals surface area (Å²) in [6.07, 6.45) is 2.77. The number of para-hydroxylation sites is 1. The summed E-state index contributed by atoms with van der Waals surface area (Å²) < 4.78 is 5.64. The molecule has 0 bridgehead atoms. The molecule has 0 aliphatic carbocycles. The number of amides is 1. The molecule has 4 rings (SSSR count). The largest absolute Gasteiger partial charge is 0.411 e. The number of aromatic amines is 1. The summed E-state index contributed by atoms with van der Waals surface area (Å²) in [5, 5.41) is 12.6. The van der Waals surface area contributed by atoms with Gasteiger partial charge in [0.15, 0.2) is 0 Å². The van der Waals surface area contributed by atoms with Gasteiger partial charge in [-0.25, -0.2) is 0 Å². The van der Waals surface area contributed by atoms with Crippen molar-refractivity contribution >= 4 is 28.6 Å². The van der Waals surface area contributed by atoms with Crippen molar-refractivity contribution in [2.45, 2.75) is 18.6 Å². The van der Waals surface area contributed by atoms with Gasteiger partial charge in [0.2, 0.25) is 11.8 Å². The average Bonchev–Trinajstić information content (AvgIpc) is 3.34. The highest BCUT2D eigenvalue weighted by Crippen LogP contribution is 2.23. The zero-order valence-corrected chi connectivity index (χ0v) is 16.3. The van der Waals surface area contributed by atoms with Crippen LogP contribution in [0.5, 0.6) is 0 Å². The number of nitrogens with one attached hydrogen (secondary N) is 2. The second kappa shape index (κ2) is 8.31. The van der Waals surface area contributed by atoms with Crippen LogP contribution in [0.25, 0.3) is 22.4 Å². The fourth-order valence-corrected chi connectivity index (χ4v) is 3.61. The molecule has 2 aromatic carbocycles. The first-order valence-electron chi connectivity index (χ1n) is 9.04. The Bertz CT molecular complexity index is 1100. The van der Waals surface area contributed by atoms with Gasteiger partial charge in [0.05, 0.1) is 5.75 Å². The Hall–Kier alpha value is -3.06. The third-order valence-corrected chi connectivity index (χ3v) is 5.21. The Morgan fingerprint density at radius 3 is 2.96 bits per heavy atom. The molecule has 0 saturated carbocycles. The maximum absolute atomic E-state index is 12.1. The lowest BCUT2D eigenvalue weighted by atomic mass is 10.1. The third-order valence-electron chi connectivity index (χ3n) is 4.39. The van der Waals surface area contributed by atoms with Gasteiger partial charge in [0, 0.05) is 29.2 Å². The molecule has 0 radical (unpaired) electrons. The van der Waals surface area contributed by atoms with Gasteiger partial charge in [-0.05, 0) is 37.1 Å². The van der Waals surface area contributed by atoms with E-state index in [9.17, 15) is 4.79 Å². The lowest BCUT2D eigenvalue weighted by Gasteiger charge is -2.03. The number of fused-ring (bicyclic) bond motifs is 1. The standard InChI is InChI=1S/C21H20N4O2S/c1-14-5-4-6-15(11-14)20-24-25-21(27-20)28-13-19(26)22-10-9-16-12-23-18-8-3-2-7-17(16)18/h2-8,11-12,23H,9-10,13H2,1H3,(H,22,26). The molecular weight excluding hydrogens is 372 g/mol. The number of nitrogens with zero attached hydrogens (tertiary/aromatic N) is 2. The Morgan fingerprint density at radius 1 is 1.18 bits per heavy atom. The Kier molecular flexibility index (Phi) is 5.43. The van der Waals surface area contributed by atoms with E-state index in [1.165, 1.54) is 22.7 Å². The van der Waals surface area contributed by atoms with Crippen LogP contribution < -0.4 is 5.32 Å². The summed E-state index contributed by atoms with van der Waals surface area (Å²) in [5.41, 5.74) is 4.31. The molecule has 0 fully saturated rings. The second-order valence-corrected chi connectivity index (χ2v) is 7.42. The summed E-state index contributed by atoms with van der Waals surface area (Å²) >= 11 is 1.24. The van der Waals surface area contributed by atoms with Gasteiger partial charge in [-0.2, -0.15) is 0 Å². The zero-order valence-electron chi connectivity index (χ0n) is 15.4. The molecule has 2 N–H and O–H groups in total. The van der Waals surface area contributed by atoms with E-state index in [2.05, 4.69) is 26.6 Å². The summed E-state index contributed by atoms with van der Waals surface area (Å²) in [6, 6.07) is 16.0. The molecule has 0 aliphatic rings. The van der Waals surface area contributed by atoms with E-state index in [0.717, 1.165) is 23.1 Å². The van der Waals surface area contributed by atoms with E-state index in [1.807, 2.05) is 55.6 Å². The fraction of sp³-hybridized carbons (Fsp3) is 0.190. The SMILES string of the molecule is Cc1cccc(-c2nnc(SCC(=O)NCCc3c[nH]c4ccccc34)o2)c1. The summed E-state index contributed by atoms with van der Waals surface area (Å²) in [7, 11) is 0. The van der Waals surface area contributed by atoms with Crippen LogP contribution in [0.2, 0.25) is 0 Å². The molecule has 142 valence electrons. The summed E-state index contributed by atoms with van der Waals surface area (Å²) in [6.45, 7) is 2.59. The summed E-state index contributed by atoms with van der Waals surface area (Å²) in [5.74, 6) is 0.648. The Balaban J connectivity index is 1.26. The van der Waals surface area contributed by atoms with E-state index in [-0.39, 0.29) is 11.7 Å². The van der Waals surface area contributed by atoms with E-state index in [4.69, 9.17) is 4.42 Å². The molecule has 0 spiro atoms. The maximum Gasteiger partial charge on any atom is 0.277 e. The molecule has 2 heterocycles. The van der Waals surface area contributed by atoms with Crippen LogP contribution in [-0.4, -0.2) is 33.4 Å². The minimum atomic E-state index is -0.0554. The van der Waals surface area contributed by atoms with Crippen molar-refractivity contribution in [3.63, 3.8) is 0 Å². The number of thioether (sulfide) groups is 1. The molecule has 1 amide bonds. The van der Waals surface area contributed by atoms with Crippen molar-refractivity contribution in [2.75, 3.05) is 12.3 Å². The molecule has 0 aliphatic heterocycles.